The van der Waals surface area contributed by atoms with Gasteiger partial charge < -0.3 is 28.6 Å². The Labute approximate surface area is 263 Å². The number of nitrogens with one attached hydrogen (secondary N) is 2. The topological polar surface area (TPSA) is 146 Å². The second-order valence-corrected chi connectivity index (χ2v) is 10.7. The maximum absolute atomic E-state index is 13.5. The average molecular weight is 615 g/mol. The van der Waals surface area contributed by atoms with Crippen molar-refractivity contribution < 1.29 is 19.1 Å². The Morgan fingerprint density at radius 1 is 0.630 bits per heavy atom. The molecule has 0 spiro atoms. The maximum Gasteiger partial charge on any atom is 0.342 e. The highest BCUT2D eigenvalue weighted by Gasteiger charge is 2.24. The molecule has 0 fully saturated rings. The third-order valence-corrected chi connectivity index (χ3v) is 7.80. The number of carbonyl (C=O) groups is 2. The Balaban J connectivity index is 1.69. The molecule has 12 heteroatoms. The van der Waals surface area contributed by atoms with E-state index in [-0.39, 0.29) is 24.3 Å². The van der Waals surface area contributed by atoms with Crippen molar-refractivity contribution in [3.8, 4) is 22.8 Å². The minimum Gasteiger partial charge on any atom is -0.462 e. The first kappa shape index (κ1) is 28.7. The SMILES string of the molecule is CCOC(=O)c1c2nc(c(-c3nccn3C)c3ccc([nH]3)c(C(=O)OCC)c3nc(c(-c4nccn4C)c4ccc1[nH]4)C=C3)C=C2. The van der Waals surface area contributed by atoms with Gasteiger partial charge in [0.05, 0.1) is 69.2 Å². The number of hydrogen-bond acceptors (Lipinski definition) is 8. The van der Waals surface area contributed by atoms with Crippen LogP contribution in [0.5, 0.6) is 0 Å². The lowest BCUT2D eigenvalue weighted by Crippen LogP contribution is -2.07. The molecular formula is C34H30N8O4. The van der Waals surface area contributed by atoms with Crippen LogP contribution in [0.1, 0.15) is 57.3 Å². The summed E-state index contributed by atoms with van der Waals surface area (Å²) in [5.74, 6) is 0.256. The molecule has 8 bridgehead atoms. The molecule has 2 N–H and O–H groups in total. The highest BCUT2D eigenvalue weighted by atomic mass is 16.5. The van der Waals surface area contributed by atoms with Crippen molar-refractivity contribution in [3.63, 3.8) is 0 Å². The summed E-state index contributed by atoms with van der Waals surface area (Å²) < 4.78 is 14.8. The first-order valence-electron chi connectivity index (χ1n) is 14.8. The predicted molar refractivity (Wildman–Crippen MR) is 175 cm³/mol. The number of esters is 2. The van der Waals surface area contributed by atoms with Crippen LogP contribution in [0.15, 0.2) is 49.1 Å². The van der Waals surface area contributed by atoms with Crippen LogP contribution in [0.2, 0.25) is 0 Å². The fourth-order valence-electron chi connectivity index (χ4n) is 5.73. The van der Waals surface area contributed by atoms with Crippen molar-refractivity contribution >= 4 is 58.3 Å². The van der Waals surface area contributed by atoms with E-state index in [1.54, 1.807) is 38.4 Å². The first-order valence-corrected chi connectivity index (χ1v) is 14.8. The number of rotatable bonds is 6. The molecule has 0 radical (unpaired) electrons. The second kappa shape index (κ2) is 11.5. The fraction of sp³-hybridized carbons (Fsp3) is 0.176. The number of H-pyrrole nitrogens is 2. The van der Waals surface area contributed by atoms with Gasteiger partial charge in [0.1, 0.15) is 22.8 Å². The molecule has 230 valence electrons. The van der Waals surface area contributed by atoms with Crippen molar-refractivity contribution in [3.05, 3.63) is 83.0 Å². The van der Waals surface area contributed by atoms with Gasteiger partial charge in [0.15, 0.2) is 0 Å². The van der Waals surface area contributed by atoms with E-state index in [0.29, 0.717) is 67.6 Å². The number of fused-ring (bicyclic) bond motifs is 8. The van der Waals surface area contributed by atoms with Crippen LogP contribution in [0.4, 0.5) is 0 Å². The van der Waals surface area contributed by atoms with Gasteiger partial charge in [0, 0.05) is 38.9 Å². The van der Waals surface area contributed by atoms with Crippen LogP contribution >= 0.6 is 0 Å². The molecule has 0 aromatic carbocycles. The lowest BCUT2D eigenvalue weighted by atomic mass is 10.1. The number of aryl methyl sites for hydroxylation is 2. The molecule has 2 aliphatic heterocycles. The molecule has 5 aromatic heterocycles. The quantitative estimate of drug-likeness (QED) is 0.223. The smallest absolute Gasteiger partial charge is 0.342 e. The van der Waals surface area contributed by atoms with Gasteiger partial charge in [0.25, 0.3) is 0 Å². The Morgan fingerprint density at radius 2 is 1.02 bits per heavy atom. The van der Waals surface area contributed by atoms with E-state index in [1.807, 2.05) is 72.0 Å². The van der Waals surface area contributed by atoms with Gasteiger partial charge in [-0.05, 0) is 62.4 Å². The number of hydrogen-bond donors (Lipinski definition) is 2. The number of aromatic amines is 2. The van der Waals surface area contributed by atoms with E-state index < -0.39 is 11.9 Å². The standard InChI is InChI=1S/C34H30N8O4/c1-5-45-33(43)29-23-11-7-19(37-23)27(31-35-15-17-41(31)3)21-9-13-25(39-21)30(34(44)46-6-2)26-14-10-22(40-26)28(20-8-12-24(29)38-20)32-36-16-18-42(32)4/h7-18,37,40H,5-6H2,1-4H3. The summed E-state index contributed by atoms with van der Waals surface area (Å²) in [6.45, 7) is 3.93. The van der Waals surface area contributed by atoms with Gasteiger partial charge in [-0.15, -0.1) is 0 Å². The van der Waals surface area contributed by atoms with Gasteiger partial charge in [-0.3, -0.25) is 0 Å². The Bertz CT molecular complexity index is 2100. The minimum atomic E-state index is -0.511. The molecule has 12 nitrogen and oxygen atoms in total. The summed E-state index contributed by atoms with van der Waals surface area (Å²) >= 11 is 0. The molecule has 0 saturated heterocycles. The lowest BCUT2D eigenvalue weighted by molar-refractivity contribution is 0.0518. The van der Waals surface area contributed by atoms with E-state index in [9.17, 15) is 9.59 Å². The van der Waals surface area contributed by atoms with Gasteiger partial charge in [-0.25, -0.2) is 29.5 Å². The van der Waals surface area contributed by atoms with Crippen molar-refractivity contribution in [1.29, 1.82) is 0 Å². The molecule has 0 amide bonds. The molecule has 0 aliphatic carbocycles. The molecular weight excluding hydrogens is 584 g/mol. The first-order chi connectivity index (χ1) is 22.4. The molecule has 5 aromatic rings. The lowest BCUT2D eigenvalue weighted by Gasteiger charge is -2.06. The fourth-order valence-corrected chi connectivity index (χ4v) is 5.73. The van der Waals surface area contributed by atoms with Gasteiger partial charge in [0.2, 0.25) is 0 Å². The summed E-state index contributed by atoms with van der Waals surface area (Å²) in [6, 6.07) is 7.37. The summed E-state index contributed by atoms with van der Waals surface area (Å²) in [6.07, 6.45) is 14.3. The molecule has 7 heterocycles. The zero-order chi connectivity index (χ0) is 31.9. The zero-order valence-electron chi connectivity index (χ0n) is 25.7. The van der Waals surface area contributed by atoms with E-state index in [4.69, 9.17) is 19.4 Å². The van der Waals surface area contributed by atoms with Crippen molar-refractivity contribution in [1.82, 2.24) is 39.0 Å². The maximum atomic E-state index is 13.5. The third-order valence-electron chi connectivity index (χ3n) is 7.80. The number of ether oxygens (including phenoxy) is 2. The average Bonchev–Trinajstić information content (AvgIpc) is 3.87. The molecule has 0 atom stereocenters. The molecule has 46 heavy (non-hydrogen) atoms. The Morgan fingerprint density at radius 3 is 1.39 bits per heavy atom. The van der Waals surface area contributed by atoms with Crippen LogP contribution in [-0.2, 0) is 23.6 Å². The minimum absolute atomic E-state index is 0.198. The highest BCUT2D eigenvalue weighted by molar-refractivity contribution is 6.05. The van der Waals surface area contributed by atoms with E-state index in [0.717, 1.165) is 0 Å². The van der Waals surface area contributed by atoms with Crippen LogP contribution in [0, 0.1) is 0 Å². The number of imidazole rings is 2. The van der Waals surface area contributed by atoms with Crippen molar-refractivity contribution in [2.45, 2.75) is 13.8 Å². The molecule has 0 saturated carbocycles. The monoisotopic (exact) mass is 614 g/mol. The second-order valence-electron chi connectivity index (χ2n) is 10.7. The van der Waals surface area contributed by atoms with Crippen LogP contribution in [-0.4, -0.2) is 64.2 Å². The number of aromatic nitrogens is 8. The third kappa shape index (κ3) is 4.80. The van der Waals surface area contributed by atoms with E-state index in [2.05, 4.69) is 19.9 Å². The Hall–Kier alpha value is -6.04. The zero-order valence-corrected chi connectivity index (χ0v) is 25.7. The molecule has 7 rings (SSSR count). The van der Waals surface area contributed by atoms with Gasteiger partial charge in [-0.1, -0.05) is 0 Å². The molecule has 0 unspecified atom stereocenters. The highest BCUT2D eigenvalue weighted by Crippen LogP contribution is 2.33. The summed E-state index contributed by atoms with van der Waals surface area (Å²) in [5.41, 5.74) is 6.29. The normalized spacial score (nSPS) is 12.1. The summed E-state index contributed by atoms with van der Waals surface area (Å²) in [5, 5.41) is 0. The van der Waals surface area contributed by atoms with E-state index in [1.165, 1.54) is 0 Å². The summed E-state index contributed by atoms with van der Waals surface area (Å²) in [7, 11) is 3.78. The van der Waals surface area contributed by atoms with Crippen LogP contribution in [0.25, 0.3) is 69.1 Å². The van der Waals surface area contributed by atoms with Gasteiger partial charge >= 0.3 is 11.9 Å². The Kier molecular flexibility index (Phi) is 7.16. The predicted octanol–water partition coefficient (Wildman–Crippen LogP) is 5.81. The van der Waals surface area contributed by atoms with Crippen LogP contribution in [0.3, 0.4) is 0 Å². The number of carbonyl (C=O) groups excluding carboxylic acids is 2. The van der Waals surface area contributed by atoms with Crippen LogP contribution < -0.4 is 0 Å². The number of nitrogens with zero attached hydrogens (tertiary/aromatic N) is 6. The largest absolute Gasteiger partial charge is 0.462 e. The van der Waals surface area contributed by atoms with Crippen molar-refractivity contribution in [2.24, 2.45) is 14.1 Å². The summed E-state index contributed by atoms with van der Waals surface area (Å²) in [4.78, 5) is 52.9. The van der Waals surface area contributed by atoms with Crippen molar-refractivity contribution in [2.75, 3.05) is 13.2 Å². The van der Waals surface area contributed by atoms with E-state index >= 15 is 0 Å². The molecule has 2 aliphatic rings. The van der Waals surface area contributed by atoms with Gasteiger partial charge in [-0.2, -0.15) is 0 Å².